The lowest BCUT2D eigenvalue weighted by Crippen LogP contribution is -2.46. The molecular formula is C23H22N4O2S2. The molecule has 8 heteroatoms. The quantitative estimate of drug-likeness (QED) is 0.439. The minimum atomic E-state index is -0.344. The van der Waals surface area contributed by atoms with Crippen LogP contribution in [0.25, 0.3) is 23.1 Å². The minimum Gasteiger partial charge on any atom is -0.316 e. The summed E-state index contributed by atoms with van der Waals surface area (Å²) in [4.78, 5) is 38.1. The second-order valence-electron chi connectivity index (χ2n) is 7.25. The Labute approximate surface area is 187 Å². The molecule has 0 saturated carbocycles. The lowest BCUT2D eigenvalue weighted by Gasteiger charge is -2.07. The first kappa shape index (κ1) is 21.3. The van der Waals surface area contributed by atoms with Gasteiger partial charge in [-0.2, -0.15) is 0 Å². The van der Waals surface area contributed by atoms with Crippen LogP contribution in [0.2, 0.25) is 0 Å². The SMILES string of the molecule is CN(C)CCSc1ccc(C=c2[nH]c(=O)c(=Cc3ccnc4ccccc34)[nH]c2=O)s1. The van der Waals surface area contributed by atoms with Crippen LogP contribution in [0.5, 0.6) is 0 Å². The van der Waals surface area contributed by atoms with E-state index in [9.17, 15) is 9.59 Å². The standard InChI is InChI=1S/C23H22N4O2S2/c1-27(2)11-12-30-21-8-7-16(31-21)14-20-23(29)25-19(22(28)26-20)13-15-9-10-24-18-6-4-3-5-17(15)18/h3-10,13-14H,11-12H2,1-2H3,(H,25,29)(H,26,28). The lowest BCUT2D eigenvalue weighted by atomic mass is 10.1. The van der Waals surface area contributed by atoms with Gasteiger partial charge in [0.2, 0.25) is 0 Å². The van der Waals surface area contributed by atoms with E-state index in [0.717, 1.165) is 33.6 Å². The monoisotopic (exact) mass is 450 g/mol. The van der Waals surface area contributed by atoms with Crippen LogP contribution in [0.1, 0.15) is 10.4 Å². The van der Waals surface area contributed by atoms with Gasteiger partial charge in [0.05, 0.1) is 9.73 Å². The summed E-state index contributed by atoms with van der Waals surface area (Å²) in [6.45, 7) is 0.999. The fraction of sp³-hybridized carbons (Fsp3) is 0.174. The zero-order chi connectivity index (χ0) is 21.8. The summed E-state index contributed by atoms with van der Waals surface area (Å²) in [7, 11) is 4.10. The number of benzene rings is 1. The van der Waals surface area contributed by atoms with Gasteiger partial charge in [0, 0.05) is 28.8 Å². The highest BCUT2D eigenvalue weighted by atomic mass is 32.2. The number of para-hydroxylation sites is 1. The number of H-pyrrole nitrogens is 2. The lowest BCUT2D eigenvalue weighted by molar-refractivity contribution is 0.437. The Bertz CT molecular complexity index is 1450. The number of thiophene rings is 1. The fourth-order valence-electron chi connectivity index (χ4n) is 3.06. The molecule has 1 aromatic carbocycles. The number of rotatable bonds is 6. The second kappa shape index (κ2) is 9.47. The molecule has 3 aromatic heterocycles. The Hall–Kier alpha value is -2.94. The number of pyridine rings is 1. The van der Waals surface area contributed by atoms with Crippen LogP contribution in [-0.4, -0.2) is 46.2 Å². The van der Waals surface area contributed by atoms with Crippen molar-refractivity contribution in [3.05, 3.63) is 90.5 Å². The highest BCUT2D eigenvalue weighted by molar-refractivity contribution is 8.01. The van der Waals surface area contributed by atoms with E-state index in [2.05, 4.69) is 33.9 Å². The van der Waals surface area contributed by atoms with Crippen LogP contribution in [0.3, 0.4) is 0 Å². The van der Waals surface area contributed by atoms with Crippen molar-refractivity contribution in [2.75, 3.05) is 26.4 Å². The summed E-state index contributed by atoms with van der Waals surface area (Å²) >= 11 is 3.38. The van der Waals surface area contributed by atoms with Crippen molar-refractivity contribution in [1.82, 2.24) is 19.9 Å². The van der Waals surface area contributed by atoms with E-state index >= 15 is 0 Å². The predicted octanol–water partition coefficient (Wildman–Crippen LogP) is 1.98. The van der Waals surface area contributed by atoms with Crippen molar-refractivity contribution in [3.63, 3.8) is 0 Å². The molecule has 0 saturated heterocycles. The van der Waals surface area contributed by atoms with Crippen LogP contribution >= 0.6 is 23.1 Å². The van der Waals surface area contributed by atoms with Gasteiger partial charge in [0.25, 0.3) is 11.1 Å². The molecule has 0 aliphatic heterocycles. The Balaban J connectivity index is 1.67. The maximum atomic E-state index is 12.6. The Morgan fingerprint density at radius 2 is 1.74 bits per heavy atom. The molecule has 2 N–H and O–H groups in total. The van der Waals surface area contributed by atoms with Gasteiger partial charge in [0.1, 0.15) is 10.7 Å². The van der Waals surface area contributed by atoms with Crippen molar-refractivity contribution in [2.24, 2.45) is 0 Å². The number of thioether (sulfide) groups is 1. The molecule has 0 unspecified atom stereocenters. The van der Waals surface area contributed by atoms with Crippen LogP contribution in [-0.2, 0) is 0 Å². The van der Waals surface area contributed by atoms with Crippen molar-refractivity contribution >= 4 is 46.2 Å². The van der Waals surface area contributed by atoms with Gasteiger partial charge in [-0.05, 0) is 56.1 Å². The van der Waals surface area contributed by atoms with Crippen molar-refractivity contribution in [2.45, 2.75) is 4.21 Å². The first-order valence-electron chi connectivity index (χ1n) is 9.77. The summed E-state index contributed by atoms with van der Waals surface area (Å²) in [5.41, 5.74) is 0.973. The van der Waals surface area contributed by atoms with E-state index in [1.54, 1.807) is 41.4 Å². The largest absolute Gasteiger partial charge is 0.316 e. The zero-order valence-electron chi connectivity index (χ0n) is 17.2. The molecule has 4 aromatic rings. The molecule has 0 atom stereocenters. The van der Waals surface area contributed by atoms with Crippen LogP contribution in [0.15, 0.2) is 62.5 Å². The Morgan fingerprint density at radius 3 is 2.52 bits per heavy atom. The highest BCUT2D eigenvalue weighted by Gasteiger charge is 2.03. The summed E-state index contributed by atoms with van der Waals surface area (Å²) in [6.07, 6.45) is 5.08. The predicted molar refractivity (Wildman–Crippen MR) is 129 cm³/mol. The number of aromatic nitrogens is 3. The summed E-state index contributed by atoms with van der Waals surface area (Å²) < 4.78 is 1.18. The maximum Gasteiger partial charge on any atom is 0.272 e. The van der Waals surface area contributed by atoms with Crippen LogP contribution in [0, 0.1) is 0 Å². The molecule has 6 nitrogen and oxygen atoms in total. The third-order valence-electron chi connectivity index (χ3n) is 4.64. The topological polar surface area (TPSA) is 81.8 Å². The molecule has 0 aliphatic rings. The highest BCUT2D eigenvalue weighted by Crippen LogP contribution is 2.27. The van der Waals surface area contributed by atoms with Crippen LogP contribution < -0.4 is 21.8 Å². The molecule has 0 radical (unpaired) electrons. The van der Waals surface area contributed by atoms with Gasteiger partial charge >= 0.3 is 0 Å². The average Bonchev–Trinajstić information content (AvgIpc) is 3.19. The smallest absolute Gasteiger partial charge is 0.272 e. The van der Waals surface area contributed by atoms with E-state index in [4.69, 9.17) is 0 Å². The van der Waals surface area contributed by atoms with E-state index < -0.39 is 0 Å². The van der Waals surface area contributed by atoms with Gasteiger partial charge in [-0.1, -0.05) is 18.2 Å². The third-order valence-corrected chi connectivity index (χ3v) is 6.88. The number of hydrogen-bond donors (Lipinski definition) is 2. The molecule has 0 spiro atoms. The molecule has 0 fully saturated rings. The summed E-state index contributed by atoms with van der Waals surface area (Å²) in [5, 5.41) is 1.37. The average molecular weight is 451 g/mol. The number of fused-ring (bicyclic) bond motifs is 1. The normalized spacial score (nSPS) is 12.9. The number of nitrogens with zero attached hydrogens (tertiary/aromatic N) is 2. The number of nitrogens with one attached hydrogen (secondary N) is 2. The molecule has 3 heterocycles. The van der Waals surface area contributed by atoms with Crippen molar-refractivity contribution in [1.29, 1.82) is 0 Å². The fourth-order valence-corrected chi connectivity index (χ4v) is 5.33. The summed E-state index contributed by atoms with van der Waals surface area (Å²) in [6, 6.07) is 13.5. The van der Waals surface area contributed by atoms with Gasteiger partial charge in [-0.25, -0.2) is 0 Å². The maximum absolute atomic E-state index is 12.6. The molecule has 0 bridgehead atoms. The number of aromatic amines is 2. The first-order chi connectivity index (χ1) is 15.0. The molecule has 0 aliphatic carbocycles. The van der Waals surface area contributed by atoms with E-state index in [1.807, 2.05) is 42.5 Å². The Morgan fingerprint density at radius 1 is 1.00 bits per heavy atom. The number of hydrogen-bond acceptors (Lipinski definition) is 6. The molecular weight excluding hydrogens is 428 g/mol. The van der Waals surface area contributed by atoms with E-state index in [0.29, 0.717) is 0 Å². The van der Waals surface area contributed by atoms with Crippen molar-refractivity contribution in [3.8, 4) is 0 Å². The summed E-state index contributed by atoms with van der Waals surface area (Å²) in [5.74, 6) is 0.999. The van der Waals surface area contributed by atoms with E-state index in [1.165, 1.54) is 4.21 Å². The Kier molecular flexibility index (Phi) is 6.50. The molecule has 158 valence electrons. The van der Waals surface area contributed by atoms with Crippen molar-refractivity contribution < 1.29 is 0 Å². The van der Waals surface area contributed by atoms with Gasteiger partial charge in [0.15, 0.2) is 0 Å². The third kappa shape index (κ3) is 5.22. The van der Waals surface area contributed by atoms with Gasteiger partial charge in [-0.3, -0.25) is 14.6 Å². The van der Waals surface area contributed by atoms with Crippen LogP contribution in [0.4, 0.5) is 0 Å². The van der Waals surface area contributed by atoms with E-state index in [-0.39, 0.29) is 21.8 Å². The molecule has 31 heavy (non-hydrogen) atoms. The first-order valence-corrected chi connectivity index (χ1v) is 11.6. The van der Waals surface area contributed by atoms with Gasteiger partial charge in [-0.15, -0.1) is 23.1 Å². The second-order valence-corrected chi connectivity index (χ2v) is 9.76. The molecule has 4 rings (SSSR count). The van der Waals surface area contributed by atoms with Gasteiger partial charge < -0.3 is 14.9 Å². The molecule has 0 amide bonds. The minimum absolute atomic E-state index is 0.213. The zero-order valence-corrected chi connectivity index (χ0v) is 18.8.